The molecule has 0 N–H and O–H groups in total. The van der Waals surface area contributed by atoms with Crippen molar-refractivity contribution in [1.29, 1.82) is 0 Å². The van der Waals surface area contributed by atoms with Gasteiger partial charge in [-0.3, -0.25) is 0 Å². The number of terminal acetylenes is 2. The fourth-order valence-electron chi connectivity index (χ4n) is 2.89. The molecule has 0 amide bonds. The summed E-state index contributed by atoms with van der Waals surface area (Å²) in [6.07, 6.45) is 22.1. The third-order valence-electron chi connectivity index (χ3n) is 4.05. The minimum absolute atomic E-state index is 0. The maximum Gasteiger partial charge on any atom is 0.186 e. The summed E-state index contributed by atoms with van der Waals surface area (Å²) in [7, 11) is 0. The van der Waals surface area contributed by atoms with E-state index < -0.39 is 12.6 Å². The summed E-state index contributed by atoms with van der Waals surface area (Å²) in [4.78, 5) is 0. The molecule has 138 valence electrons. The molecule has 2 aliphatic carbocycles. The van der Waals surface area contributed by atoms with Crippen molar-refractivity contribution in [2.75, 3.05) is 26.4 Å². The molecule has 0 atom stereocenters. The minimum Gasteiger partial charge on any atom is -0.348 e. The maximum atomic E-state index is 5.61. The van der Waals surface area contributed by atoms with Gasteiger partial charge in [-0.1, -0.05) is 11.8 Å². The van der Waals surface area contributed by atoms with Crippen molar-refractivity contribution < 1.29 is 35.7 Å². The van der Waals surface area contributed by atoms with Gasteiger partial charge in [0.05, 0.1) is 26.4 Å². The first kappa shape index (κ1) is 21.2. The average Bonchev–Trinajstić information content (AvgIpc) is 3.23. The molecule has 0 bridgehead atoms. The van der Waals surface area contributed by atoms with E-state index in [1.807, 2.05) is 32.1 Å². The summed E-state index contributed by atoms with van der Waals surface area (Å²) in [5.41, 5.74) is 2.97. The van der Waals surface area contributed by atoms with Crippen LogP contribution in [0.1, 0.15) is 12.8 Å². The molecule has 4 nitrogen and oxygen atoms in total. The Kier molecular flexibility index (Phi) is 8.94. The van der Waals surface area contributed by atoms with Crippen LogP contribution in [0.2, 0.25) is 0 Å². The van der Waals surface area contributed by atoms with Crippen LogP contribution >= 0.6 is 0 Å². The van der Waals surface area contributed by atoms with E-state index in [0.29, 0.717) is 37.6 Å². The second-order valence-electron chi connectivity index (χ2n) is 5.68. The minimum atomic E-state index is -0.465. The Bertz CT molecular complexity index is 538. The maximum absolute atomic E-state index is 5.61. The average molecular weight is 396 g/mol. The number of hydrogen-bond acceptors (Lipinski definition) is 4. The van der Waals surface area contributed by atoms with Gasteiger partial charge in [-0.05, 0) is 44.9 Å². The van der Waals surface area contributed by atoms with Crippen molar-refractivity contribution in [3.05, 3.63) is 54.4 Å². The summed E-state index contributed by atoms with van der Waals surface area (Å²) in [5.74, 6) is 5.33. The predicted molar refractivity (Wildman–Crippen MR) is 93.8 cm³/mol. The van der Waals surface area contributed by atoms with Crippen LogP contribution < -0.4 is 0 Å². The first-order valence-corrected chi connectivity index (χ1v) is 8.42. The molecule has 0 aromatic carbocycles. The molecular formula is C21H21CoO4. The standard InChI is InChI=1S/C16H16O4.C5H5.Co/c1-3-11-13(15-17-7-5-8-18-15)12(4-2)14(11)16-19-9-6-10-20-16;1-2-4-5-3-1;/h1-2,15-16H,5-10H2;1-5H;. The van der Waals surface area contributed by atoms with E-state index in [2.05, 4.69) is 11.8 Å². The molecule has 2 aliphatic heterocycles. The van der Waals surface area contributed by atoms with E-state index in [9.17, 15) is 0 Å². The Balaban J connectivity index is 0.000000351. The summed E-state index contributed by atoms with van der Waals surface area (Å²) >= 11 is 0. The molecule has 0 unspecified atom stereocenters. The summed E-state index contributed by atoms with van der Waals surface area (Å²) < 4.78 is 22.4. The van der Waals surface area contributed by atoms with Crippen molar-refractivity contribution >= 4 is 0 Å². The zero-order valence-electron chi connectivity index (χ0n) is 14.4. The molecule has 2 heterocycles. The monoisotopic (exact) mass is 396 g/mol. The van der Waals surface area contributed by atoms with Gasteiger partial charge in [0.15, 0.2) is 12.6 Å². The van der Waals surface area contributed by atoms with Crippen LogP contribution in [-0.4, -0.2) is 39.0 Å². The zero-order valence-corrected chi connectivity index (χ0v) is 15.4. The summed E-state index contributed by atoms with van der Waals surface area (Å²) in [6.45, 7) is 2.59. The van der Waals surface area contributed by atoms with E-state index in [1.54, 1.807) is 0 Å². The van der Waals surface area contributed by atoms with Gasteiger partial charge in [0, 0.05) is 39.1 Å². The first-order valence-electron chi connectivity index (χ1n) is 8.42. The molecule has 0 aromatic rings. The van der Waals surface area contributed by atoms with Crippen LogP contribution in [0.3, 0.4) is 0 Å². The van der Waals surface area contributed by atoms with Crippen LogP contribution in [0.4, 0.5) is 0 Å². The number of rotatable bonds is 2. The number of hydrogen-bond donors (Lipinski definition) is 0. The second-order valence-corrected chi connectivity index (χ2v) is 5.68. The van der Waals surface area contributed by atoms with Gasteiger partial charge in [-0.25, -0.2) is 0 Å². The van der Waals surface area contributed by atoms with Gasteiger partial charge >= 0.3 is 0 Å². The molecule has 3 fully saturated rings. The molecule has 6 radical (unpaired) electrons. The molecule has 0 spiro atoms. The van der Waals surface area contributed by atoms with Crippen molar-refractivity contribution in [2.24, 2.45) is 0 Å². The fraction of sp³-hybridized carbons (Fsp3) is 0.381. The zero-order chi connectivity index (χ0) is 17.5. The number of ether oxygens (including phenoxy) is 4. The third kappa shape index (κ3) is 4.81. The van der Waals surface area contributed by atoms with Crippen LogP contribution in [0.5, 0.6) is 0 Å². The fourth-order valence-corrected chi connectivity index (χ4v) is 2.89. The molecule has 1 saturated carbocycles. The second kappa shape index (κ2) is 10.9. The molecule has 0 aromatic heterocycles. The van der Waals surface area contributed by atoms with Crippen LogP contribution in [-0.2, 0) is 35.7 Å². The molecule has 26 heavy (non-hydrogen) atoms. The topological polar surface area (TPSA) is 36.9 Å². The van der Waals surface area contributed by atoms with Gasteiger partial charge in [0.25, 0.3) is 0 Å². The van der Waals surface area contributed by atoms with E-state index in [0.717, 1.165) is 24.0 Å². The van der Waals surface area contributed by atoms with E-state index in [4.69, 9.17) is 31.8 Å². The Morgan fingerprint density at radius 1 is 0.654 bits per heavy atom. The van der Waals surface area contributed by atoms with Crippen molar-refractivity contribution in [2.45, 2.75) is 25.4 Å². The van der Waals surface area contributed by atoms with E-state index in [-0.39, 0.29) is 16.8 Å². The van der Waals surface area contributed by atoms with Gasteiger partial charge in [0.1, 0.15) is 0 Å². The van der Waals surface area contributed by atoms with E-state index >= 15 is 0 Å². The first-order chi connectivity index (χ1) is 12.4. The molecule has 4 aliphatic rings. The molecule has 4 rings (SSSR count). The Labute approximate surface area is 166 Å². The largest absolute Gasteiger partial charge is 0.348 e. The van der Waals surface area contributed by atoms with Gasteiger partial charge < -0.3 is 18.9 Å². The Morgan fingerprint density at radius 2 is 0.962 bits per heavy atom. The van der Waals surface area contributed by atoms with Crippen molar-refractivity contribution in [1.82, 2.24) is 0 Å². The van der Waals surface area contributed by atoms with Crippen molar-refractivity contribution in [3.8, 4) is 24.7 Å². The Morgan fingerprint density at radius 3 is 1.23 bits per heavy atom. The molecule has 5 heteroatoms. The SMILES string of the molecule is C#CC1=C(C2OCCCO2)C(C#C)=C1C1OCCCO1.[CH]1[CH][CH][CH][CH]1.[Co]. The molecular weight excluding hydrogens is 375 g/mol. The third-order valence-corrected chi connectivity index (χ3v) is 4.05. The van der Waals surface area contributed by atoms with Crippen LogP contribution in [0.25, 0.3) is 0 Å². The summed E-state index contributed by atoms with van der Waals surface area (Å²) in [5, 5.41) is 0. The van der Waals surface area contributed by atoms with Crippen LogP contribution in [0, 0.1) is 56.8 Å². The van der Waals surface area contributed by atoms with Crippen LogP contribution in [0.15, 0.2) is 22.3 Å². The van der Waals surface area contributed by atoms with E-state index in [1.165, 1.54) is 0 Å². The quantitative estimate of drug-likeness (QED) is 0.672. The van der Waals surface area contributed by atoms with Gasteiger partial charge in [-0.2, -0.15) is 0 Å². The smallest absolute Gasteiger partial charge is 0.186 e. The normalized spacial score (nSPS) is 23.9. The predicted octanol–water partition coefficient (Wildman–Crippen LogP) is 2.40. The van der Waals surface area contributed by atoms with Gasteiger partial charge in [0.2, 0.25) is 0 Å². The Hall–Kier alpha value is -1.05. The summed E-state index contributed by atoms with van der Waals surface area (Å²) in [6, 6.07) is 0. The van der Waals surface area contributed by atoms with Crippen molar-refractivity contribution in [3.63, 3.8) is 0 Å². The molecule has 2 saturated heterocycles. The van der Waals surface area contributed by atoms with Gasteiger partial charge in [-0.15, -0.1) is 12.8 Å².